The Hall–Kier alpha value is -3.84. The normalized spacial score (nSPS) is 11.9. The molecule has 160 valence electrons. The van der Waals surface area contributed by atoms with E-state index in [9.17, 15) is 4.79 Å². The Bertz CT molecular complexity index is 1520. The van der Waals surface area contributed by atoms with Crippen molar-refractivity contribution in [1.29, 1.82) is 0 Å². The Morgan fingerprint density at radius 2 is 1.75 bits per heavy atom. The number of para-hydroxylation sites is 2. The second kappa shape index (κ2) is 8.36. The molecule has 0 fully saturated rings. The number of fused-ring (bicyclic) bond motifs is 3. The zero-order valence-corrected chi connectivity index (χ0v) is 18.4. The molecule has 2 heterocycles. The molecule has 5 aromatic rings. The van der Waals surface area contributed by atoms with Crippen molar-refractivity contribution in [3.05, 3.63) is 92.7 Å². The molecule has 0 unspecified atom stereocenters. The Labute approximate surface area is 187 Å². The lowest BCUT2D eigenvalue weighted by atomic mass is 10.2. The maximum absolute atomic E-state index is 12.9. The van der Waals surface area contributed by atoms with Crippen molar-refractivity contribution in [3.63, 3.8) is 0 Å². The number of rotatable bonds is 6. The standard InChI is InChI=1S/C25H20N2O4S/c1-29-19-11-12-22(30-2)17(14-19)15-31-18-9-7-16(8-10-18)13-23-24(28)27-21-6-4-3-5-20(21)26-25(27)32-23/h3-14H,15H2,1-2H3/b23-13+. The molecule has 0 amide bonds. The third kappa shape index (κ3) is 3.67. The molecule has 0 saturated carbocycles. The number of hydrogen-bond donors (Lipinski definition) is 0. The van der Waals surface area contributed by atoms with E-state index in [1.165, 1.54) is 11.3 Å². The first-order valence-electron chi connectivity index (χ1n) is 10.0. The minimum absolute atomic E-state index is 0.0517. The van der Waals surface area contributed by atoms with E-state index in [2.05, 4.69) is 4.98 Å². The van der Waals surface area contributed by atoms with E-state index in [-0.39, 0.29) is 5.56 Å². The minimum Gasteiger partial charge on any atom is -0.497 e. The predicted molar refractivity (Wildman–Crippen MR) is 126 cm³/mol. The summed E-state index contributed by atoms with van der Waals surface area (Å²) in [6.45, 7) is 0.351. The van der Waals surface area contributed by atoms with E-state index in [1.807, 2.05) is 72.8 Å². The highest BCUT2D eigenvalue weighted by Crippen LogP contribution is 2.25. The maximum Gasteiger partial charge on any atom is 0.274 e. The zero-order valence-electron chi connectivity index (χ0n) is 17.6. The van der Waals surface area contributed by atoms with Crippen LogP contribution in [0, 0.1) is 0 Å². The number of thiazole rings is 1. The van der Waals surface area contributed by atoms with Crippen LogP contribution in [0.4, 0.5) is 0 Å². The lowest BCUT2D eigenvalue weighted by Crippen LogP contribution is -2.22. The predicted octanol–water partition coefficient (Wildman–Crippen LogP) is 4.05. The summed E-state index contributed by atoms with van der Waals surface area (Å²) in [6, 6.07) is 20.9. The van der Waals surface area contributed by atoms with Crippen LogP contribution in [0.2, 0.25) is 0 Å². The molecule has 0 aliphatic carbocycles. The molecular weight excluding hydrogens is 424 g/mol. The van der Waals surface area contributed by atoms with Gasteiger partial charge < -0.3 is 14.2 Å². The zero-order chi connectivity index (χ0) is 22.1. The Balaban J connectivity index is 1.38. The quantitative estimate of drug-likeness (QED) is 0.395. The van der Waals surface area contributed by atoms with E-state index in [1.54, 1.807) is 18.6 Å². The molecule has 5 rings (SSSR count). The average Bonchev–Trinajstić information content (AvgIpc) is 3.34. The number of aromatic nitrogens is 2. The van der Waals surface area contributed by atoms with Crippen molar-refractivity contribution < 1.29 is 14.2 Å². The van der Waals surface area contributed by atoms with Crippen LogP contribution in [-0.2, 0) is 6.61 Å². The van der Waals surface area contributed by atoms with Crippen LogP contribution in [0.25, 0.3) is 22.1 Å². The first kappa shape index (κ1) is 20.1. The van der Waals surface area contributed by atoms with Crippen molar-refractivity contribution in [2.45, 2.75) is 6.61 Å². The van der Waals surface area contributed by atoms with Crippen LogP contribution in [0.3, 0.4) is 0 Å². The smallest absolute Gasteiger partial charge is 0.274 e. The van der Waals surface area contributed by atoms with Gasteiger partial charge in [-0.1, -0.05) is 35.6 Å². The summed E-state index contributed by atoms with van der Waals surface area (Å²) in [4.78, 5) is 18.2. The second-order valence-corrected chi connectivity index (χ2v) is 8.18. The molecule has 0 atom stereocenters. The molecule has 6 nitrogen and oxygen atoms in total. The third-order valence-electron chi connectivity index (χ3n) is 5.20. The van der Waals surface area contributed by atoms with Crippen LogP contribution in [0.5, 0.6) is 17.2 Å². The Morgan fingerprint density at radius 3 is 2.53 bits per heavy atom. The topological polar surface area (TPSA) is 62.1 Å². The second-order valence-electron chi connectivity index (χ2n) is 7.17. The van der Waals surface area contributed by atoms with Gasteiger partial charge in [0.25, 0.3) is 5.56 Å². The summed E-state index contributed by atoms with van der Waals surface area (Å²) in [6.07, 6.45) is 1.88. The van der Waals surface area contributed by atoms with Gasteiger partial charge in [0.05, 0.1) is 29.8 Å². The van der Waals surface area contributed by atoms with Crippen LogP contribution in [0.15, 0.2) is 71.5 Å². The maximum atomic E-state index is 12.9. The molecule has 0 bridgehead atoms. The summed E-state index contributed by atoms with van der Waals surface area (Å²) in [5, 5.41) is 0. The first-order valence-corrected chi connectivity index (χ1v) is 10.8. The van der Waals surface area contributed by atoms with E-state index >= 15 is 0 Å². The molecule has 0 radical (unpaired) electrons. The van der Waals surface area contributed by atoms with E-state index < -0.39 is 0 Å². The molecule has 3 aromatic carbocycles. The van der Waals surface area contributed by atoms with Crippen molar-refractivity contribution in [2.75, 3.05) is 14.2 Å². The van der Waals surface area contributed by atoms with Gasteiger partial charge in [-0.15, -0.1) is 0 Å². The fourth-order valence-electron chi connectivity index (χ4n) is 3.58. The van der Waals surface area contributed by atoms with Crippen LogP contribution in [-0.4, -0.2) is 23.6 Å². The molecule has 2 aromatic heterocycles. The lowest BCUT2D eigenvalue weighted by molar-refractivity contribution is 0.295. The van der Waals surface area contributed by atoms with Crippen molar-refractivity contribution in [3.8, 4) is 17.2 Å². The van der Waals surface area contributed by atoms with Gasteiger partial charge >= 0.3 is 0 Å². The number of imidazole rings is 1. The largest absolute Gasteiger partial charge is 0.497 e. The SMILES string of the molecule is COc1ccc(OC)c(COc2ccc(/C=c3/sc4nc5ccccc5n4c3=O)cc2)c1. The van der Waals surface area contributed by atoms with Gasteiger partial charge in [0.15, 0.2) is 4.96 Å². The molecule has 0 spiro atoms. The van der Waals surface area contributed by atoms with Gasteiger partial charge in [-0.05, 0) is 54.1 Å². The van der Waals surface area contributed by atoms with Gasteiger partial charge in [-0.3, -0.25) is 4.79 Å². The number of methoxy groups -OCH3 is 2. The summed E-state index contributed by atoms with van der Waals surface area (Å²) in [5.74, 6) is 2.22. The summed E-state index contributed by atoms with van der Waals surface area (Å²) in [5.41, 5.74) is 3.43. The van der Waals surface area contributed by atoms with E-state index in [0.717, 1.165) is 39.4 Å². The number of benzene rings is 3. The third-order valence-corrected chi connectivity index (χ3v) is 6.17. The minimum atomic E-state index is -0.0517. The summed E-state index contributed by atoms with van der Waals surface area (Å²) in [7, 11) is 3.26. The summed E-state index contributed by atoms with van der Waals surface area (Å²) >= 11 is 1.39. The number of nitrogens with zero attached hydrogens (tertiary/aromatic N) is 2. The fourth-order valence-corrected chi connectivity index (χ4v) is 4.57. The van der Waals surface area contributed by atoms with Crippen LogP contribution >= 0.6 is 11.3 Å². The Morgan fingerprint density at radius 1 is 0.969 bits per heavy atom. The monoisotopic (exact) mass is 444 g/mol. The first-order chi connectivity index (χ1) is 15.7. The molecule has 0 saturated heterocycles. The number of hydrogen-bond acceptors (Lipinski definition) is 6. The average molecular weight is 445 g/mol. The molecule has 0 aliphatic rings. The van der Waals surface area contributed by atoms with E-state index in [4.69, 9.17) is 14.2 Å². The van der Waals surface area contributed by atoms with Gasteiger partial charge in [-0.25, -0.2) is 9.38 Å². The highest BCUT2D eigenvalue weighted by molar-refractivity contribution is 7.15. The van der Waals surface area contributed by atoms with Crippen LogP contribution < -0.4 is 24.3 Å². The highest BCUT2D eigenvalue weighted by atomic mass is 32.1. The molecule has 32 heavy (non-hydrogen) atoms. The summed E-state index contributed by atoms with van der Waals surface area (Å²) < 4.78 is 18.9. The number of ether oxygens (including phenoxy) is 3. The molecule has 7 heteroatoms. The van der Waals surface area contributed by atoms with Gasteiger partial charge in [0.1, 0.15) is 23.9 Å². The Kier molecular flexibility index (Phi) is 5.25. The van der Waals surface area contributed by atoms with Gasteiger partial charge in [-0.2, -0.15) is 0 Å². The van der Waals surface area contributed by atoms with Crippen LogP contribution in [0.1, 0.15) is 11.1 Å². The fraction of sp³-hybridized carbons (Fsp3) is 0.120. The van der Waals surface area contributed by atoms with Crippen molar-refractivity contribution >= 4 is 33.4 Å². The van der Waals surface area contributed by atoms with Crippen molar-refractivity contribution in [2.24, 2.45) is 0 Å². The highest BCUT2D eigenvalue weighted by Gasteiger charge is 2.10. The van der Waals surface area contributed by atoms with Gasteiger partial charge in [0, 0.05) is 5.56 Å². The van der Waals surface area contributed by atoms with Gasteiger partial charge in [0.2, 0.25) is 0 Å². The molecular formula is C25H20N2O4S. The van der Waals surface area contributed by atoms with E-state index in [0.29, 0.717) is 16.1 Å². The lowest BCUT2D eigenvalue weighted by Gasteiger charge is -2.12. The molecule has 0 aliphatic heterocycles. The van der Waals surface area contributed by atoms with Crippen molar-refractivity contribution in [1.82, 2.24) is 9.38 Å². The molecule has 0 N–H and O–H groups in total.